The smallest absolute Gasteiger partial charge is 0.113 e. The van der Waals surface area contributed by atoms with Crippen molar-refractivity contribution >= 4 is 23.4 Å². The summed E-state index contributed by atoms with van der Waals surface area (Å²) >= 11 is 7.42. The van der Waals surface area contributed by atoms with Crippen molar-refractivity contribution in [2.75, 3.05) is 0 Å². The quantitative estimate of drug-likeness (QED) is 0.601. The Balaban J connectivity index is 1.98. The minimum atomic E-state index is 0.454. The maximum absolute atomic E-state index is 5.71. The average Bonchev–Trinajstić information content (AvgIpc) is 2.79. The monoisotopic (exact) mass is 239 g/mol. The largest absolute Gasteiger partial charge is 0.468 e. The summed E-state index contributed by atoms with van der Waals surface area (Å²) in [4.78, 5) is 5.30. The summed E-state index contributed by atoms with van der Waals surface area (Å²) < 4.78 is 5.25. The van der Waals surface area contributed by atoms with Crippen LogP contribution in [0.2, 0.25) is 0 Å². The number of hydrogen-bond donors (Lipinski definition) is 0. The van der Waals surface area contributed by atoms with Crippen LogP contribution in [0.1, 0.15) is 11.5 Å². The van der Waals surface area contributed by atoms with Gasteiger partial charge in [0.15, 0.2) is 0 Å². The zero-order chi connectivity index (χ0) is 10.5. The summed E-state index contributed by atoms with van der Waals surface area (Å²) in [5.41, 5.74) is 0.904. The van der Waals surface area contributed by atoms with Crippen molar-refractivity contribution < 1.29 is 4.42 Å². The number of rotatable bonds is 4. The predicted octanol–water partition coefficient (Wildman–Crippen LogP) is 3.71. The van der Waals surface area contributed by atoms with Gasteiger partial charge in [0.1, 0.15) is 5.76 Å². The Labute approximate surface area is 97.7 Å². The molecule has 0 saturated carbocycles. The van der Waals surface area contributed by atoms with Gasteiger partial charge in [-0.25, -0.2) is 0 Å². The number of furan rings is 1. The molecule has 2 nitrogen and oxygen atoms in total. The van der Waals surface area contributed by atoms with E-state index in [1.807, 2.05) is 24.3 Å². The summed E-state index contributed by atoms with van der Waals surface area (Å²) in [5.74, 6) is 2.26. The molecule has 0 aliphatic carbocycles. The van der Waals surface area contributed by atoms with Crippen LogP contribution in [-0.4, -0.2) is 4.98 Å². The normalized spacial score (nSPS) is 10.5. The molecule has 2 aromatic rings. The minimum Gasteiger partial charge on any atom is -0.468 e. The zero-order valence-corrected chi connectivity index (χ0v) is 9.59. The van der Waals surface area contributed by atoms with Crippen molar-refractivity contribution in [3.63, 3.8) is 0 Å². The first-order chi connectivity index (χ1) is 7.38. The van der Waals surface area contributed by atoms with Crippen LogP contribution >= 0.6 is 23.4 Å². The molecule has 15 heavy (non-hydrogen) atoms. The van der Waals surface area contributed by atoms with Gasteiger partial charge in [-0.2, -0.15) is 0 Å². The third-order valence-electron chi connectivity index (χ3n) is 1.89. The fourth-order valence-electron chi connectivity index (χ4n) is 1.17. The van der Waals surface area contributed by atoms with Gasteiger partial charge in [-0.05, 0) is 24.3 Å². The molecule has 0 N–H and O–H groups in total. The lowest BCUT2D eigenvalue weighted by atomic mass is 10.4. The zero-order valence-electron chi connectivity index (χ0n) is 8.02. The Morgan fingerprint density at radius 3 is 3.07 bits per heavy atom. The van der Waals surface area contributed by atoms with E-state index in [1.54, 1.807) is 24.2 Å². The first kappa shape index (κ1) is 10.6. The Kier molecular flexibility index (Phi) is 3.69. The van der Waals surface area contributed by atoms with Crippen LogP contribution in [0.3, 0.4) is 0 Å². The highest BCUT2D eigenvalue weighted by Gasteiger charge is 2.00. The first-order valence-electron chi connectivity index (χ1n) is 4.54. The van der Waals surface area contributed by atoms with E-state index in [2.05, 4.69) is 4.98 Å². The molecule has 4 heteroatoms. The Morgan fingerprint density at radius 1 is 1.40 bits per heavy atom. The fraction of sp³-hybridized carbons (Fsp3) is 0.182. The van der Waals surface area contributed by atoms with Crippen LogP contribution < -0.4 is 0 Å². The molecule has 2 heterocycles. The standard InChI is InChI=1S/C11H10ClNOS/c12-7-9-6-11(3-4-13-9)15-8-10-2-1-5-14-10/h1-6H,7-8H2. The van der Waals surface area contributed by atoms with Gasteiger partial charge in [-0.1, -0.05) is 0 Å². The second kappa shape index (κ2) is 5.24. The second-order valence-corrected chi connectivity index (χ2v) is 4.30. The highest BCUT2D eigenvalue weighted by molar-refractivity contribution is 7.98. The van der Waals surface area contributed by atoms with Crippen molar-refractivity contribution in [1.82, 2.24) is 4.98 Å². The lowest BCUT2D eigenvalue weighted by Gasteiger charge is -2.00. The van der Waals surface area contributed by atoms with E-state index >= 15 is 0 Å². The summed E-state index contributed by atoms with van der Waals surface area (Å²) in [6.45, 7) is 0. The average molecular weight is 240 g/mol. The molecule has 0 bridgehead atoms. The number of pyridine rings is 1. The molecule has 0 amide bonds. The molecule has 0 spiro atoms. The van der Waals surface area contributed by atoms with E-state index in [0.717, 1.165) is 22.1 Å². The molecule has 0 radical (unpaired) electrons. The number of thioether (sulfide) groups is 1. The number of aromatic nitrogens is 1. The van der Waals surface area contributed by atoms with Crippen LogP contribution in [0.15, 0.2) is 46.0 Å². The van der Waals surface area contributed by atoms with Crippen molar-refractivity contribution in [3.05, 3.63) is 48.2 Å². The fourth-order valence-corrected chi connectivity index (χ4v) is 2.16. The Hall–Kier alpha value is -0.930. The van der Waals surface area contributed by atoms with Gasteiger partial charge in [0.2, 0.25) is 0 Å². The van der Waals surface area contributed by atoms with Gasteiger partial charge >= 0.3 is 0 Å². The lowest BCUT2D eigenvalue weighted by Crippen LogP contribution is -1.84. The van der Waals surface area contributed by atoms with Crippen LogP contribution in [0, 0.1) is 0 Å². The lowest BCUT2D eigenvalue weighted by molar-refractivity contribution is 0.530. The molecular weight excluding hydrogens is 230 g/mol. The van der Waals surface area contributed by atoms with E-state index in [0.29, 0.717) is 5.88 Å². The van der Waals surface area contributed by atoms with E-state index in [9.17, 15) is 0 Å². The van der Waals surface area contributed by atoms with Gasteiger partial charge in [-0.15, -0.1) is 23.4 Å². The summed E-state index contributed by atoms with van der Waals surface area (Å²) in [5, 5.41) is 0. The number of alkyl halides is 1. The first-order valence-corrected chi connectivity index (χ1v) is 6.06. The SMILES string of the molecule is ClCc1cc(SCc2ccco2)ccn1. The third kappa shape index (κ3) is 3.01. The van der Waals surface area contributed by atoms with Gasteiger partial charge in [0.05, 0.1) is 23.6 Å². The highest BCUT2D eigenvalue weighted by atomic mass is 35.5. The number of halogens is 1. The van der Waals surface area contributed by atoms with E-state index in [-0.39, 0.29) is 0 Å². The molecule has 2 aromatic heterocycles. The number of hydrogen-bond acceptors (Lipinski definition) is 3. The van der Waals surface area contributed by atoms with Gasteiger partial charge in [0.25, 0.3) is 0 Å². The summed E-state index contributed by atoms with van der Waals surface area (Å²) in [6, 6.07) is 7.84. The van der Waals surface area contributed by atoms with E-state index in [4.69, 9.17) is 16.0 Å². The third-order valence-corrected chi connectivity index (χ3v) is 3.18. The van der Waals surface area contributed by atoms with Gasteiger partial charge < -0.3 is 4.42 Å². The van der Waals surface area contributed by atoms with Crippen LogP contribution in [0.5, 0.6) is 0 Å². The molecule has 0 saturated heterocycles. The van der Waals surface area contributed by atoms with Gasteiger partial charge in [0, 0.05) is 11.1 Å². The Bertz CT molecular complexity index is 416. The van der Waals surface area contributed by atoms with Crippen LogP contribution in [0.4, 0.5) is 0 Å². The molecule has 0 atom stereocenters. The second-order valence-electron chi connectivity index (χ2n) is 2.98. The molecule has 0 fully saturated rings. The van der Waals surface area contributed by atoms with Crippen LogP contribution in [-0.2, 0) is 11.6 Å². The van der Waals surface area contributed by atoms with Crippen molar-refractivity contribution in [3.8, 4) is 0 Å². The van der Waals surface area contributed by atoms with Gasteiger partial charge in [-0.3, -0.25) is 4.98 Å². The van der Waals surface area contributed by atoms with Crippen molar-refractivity contribution in [2.45, 2.75) is 16.5 Å². The molecule has 0 aliphatic heterocycles. The highest BCUT2D eigenvalue weighted by Crippen LogP contribution is 2.23. The topological polar surface area (TPSA) is 26.0 Å². The summed E-state index contributed by atoms with van der Waals surface area (Å²) in [7, 11) is 0. The maximum Gasteiger partial charge on any atom is 0.113 e. The molecular formula is C11H10ClNOS. The van der Waals surface area contributed by atoms with Crippen molar-refractivity contribution in [2.24, 2.45) is 0 Å². The van der Waals surface area contributed by atoms with Crippen LogP contribution in [0.25, 0.3) is 0 Å². The molecule has 2 rings (SSSR count). The molecule has 0 unspecified atom stereocenters. The predicted molar refractivity (Wildman–Crippen MR) is 62.1 cm³/mol. The molecule has 0 aliphatic rings. The van der Waals surface area contributed by atoms with E-state index < -0.39 is 0 Å². The number of nitrogens with zero attached hydrogens (tertiary/aromatic N) is 1. The van der Waals surface area contributed by atoms with Crippen molar-refractivity contribution in [1.29, 1.82) is 0 Å². The molecule has 0 aromatic carbocycles. The van der Waals surface area contributed by atoms with E-state index in [1.165, 1.54) is 0 Å². The minimum absolute atomic E-state index is 0.454. The summed E-state index contributed by atoms with van der Waals surface area (Å²) in [6.07, 6.45) is 3.47. The molecule has 78 valence electrons. The Morgan fingerprint density at radius 2 is 2.33 bits per heavy atom. The maximum atomic E-state index is 5.71.